The third-order valence-electron chi connectivity index (χ3n) is 4.13. The summed E-state index contributed by atoms with van der Waals surface area (Å²) in [5, 5.41) is 14.0. The molecule has 0 radical (unpaired) electrons. The maximum Gasteiger partial charge on any atom is 0.269 e. The summed E-state index contributed by atoms with van der Waals surface area (Å²) in [6.07, 6.45) is 0. The molecule has 1 aliphatic heterocycles. The average molecular weight is 359 g/mol. The Morgan fingerprint density at radius 3 is 2.27 bits per heavy atom. The predicted octanol–water partition coefficient (Wildman–Crippen LogP) is 1.78. The van der Waals surface area contributed by atoms with Gasteiger partial charge in [-0.2, -0.15) is 0 Å². The van der Waals surface area contributed by atoms with Crippen molar-refractivity contribution in [2.45, 2.75) is 20.4 Å². The monoisotopic (exact) mass is 359 g/mol. The summed E-state index contributed by atoms with van der Waals surface area (Å²) in [6, 6.07) is 6.40. The molecular weight excluding hydrogens is 334 g/mol. The van der Waals surface area contributed by atoms with E-state index in [4.69, 9.17) is 0 Å². The van der Waals surface area contributed by atoms with Gasteiger partial charge in [-0.15, -0.1) is 0 Å². The number of nitro groups is 1. The van der Waals surface area contributed by atoms with Gasteiger partial charge in [-0.3, -0.25) is 14.9 Å². The molecule has 1 saturated heterocycles. The van der Waals surface area contributed by atoms with Crippen LogP contribution in [0.15, 0.2) is 41.4 Å². The van der Waals surface area contributed by atoms with Crippen molar-refractivity contribution < 1.29 is 9.72 Å². The van der Waals surface area contributed by atoms with Gasteiger partial charge in [0.2, 0.25) is 5.91 Å². The summed E-state index contributed by atoms with van der Waals surface area (Å²) < 4.78 is 0. The van der Waals surface area contributed by atoms with Crippen molar-refractivity contribution in [2.75, 3.05) is 32.7 Å². The topological polar surface area (TPSA) is 91.1 Å². The third-order valence-corrected chi connectivity index (χ3v) is 4.13. The molecule has 1 heterocycles. The van der Waals surface area contributed by atoms with Crippen molar-refractivity contribution in [3.8, 4) is 0 Å². The van der Waals surface area contributed by atoms with Gasteiger partial charge in [0.15, 0.2) is 5.96 Å². The van der Waals surface area contributed by atoms with Crippen LogP contribution in [0.3, 0.4) is 0 Å². The number of nitrogens with zero attached hydrogens (tertiary/aromatic N) is 4. The first-order valence-electron chi connectivity index (χ1n) is 8.53. The Kier molecular flexibility index (Phi) is 6.71. The molecule has 26 heavy (non-hydrogen) atoms. The molecule has 0 bridgehead atoms. The van der Waals surface area contributed by atoms with Gasteiger partial charge < -0.3 is 15.1 Å². The second-order valence-corrected chi connectivity index (χ2v) is 6.37. The van der Waals surface area contributed by atoms with E-state index in [-0.39, 0.29) is 11.6 Å². The molecule has 0 aromatic heterocycles. The van der Waals surface area contributed by atoms with Gasteiger partial charge in [0, 0.05) is 51.8 Å². The highest BCUT2D eigenvalue weighted by Crippen LogP contribution is 2.13. The van der Waals surface area contributed by atoms with Crippen molar-refractivity contribution >= 4 is 17.6 Å². The Morgan fingerprint density at radius 2 is 1.77 bits per heavy atom. The van der Waals surface area contributed by atoms with Crippen LogP contribution in [-0.4, -0.2) is 59.3 Å². The predicted molar refractivity (Wildman–Crippen MR) is 101 cm³/mol. The number of benzene rings is 1. The molecule has 1 N–H and O–H groups in total. The van der Waals surface area contributed by atoms with E-state index in [0.717, 1.165) is 17.1 Å². The van der Waals surface area contributed by atoms with Crippen LogP contribution >= 0.6 is 0 Å². The minimum atomic E-state index is -0.415. The van der Waals surface area contributed by atoms with Crippen molar-refractivity contribution in [3.05, 3.63) is 52.1 Å². The zero-order valence-electron chi connectivity index (χ0n) is 15.3. The summed E-state index contributed by atoms with van der Waals surface area (Å²) >= 11 is 0. The maximum atomic E-state index is 11.5. The summed E-state index contributed by atoms with van der Waals surface area (Å²) in [4.78, 5) is 30.4. The number of hydrogen-bond donors (Lipinski definition) is 1. The van der Waals surface area contributed by atoms with Gasteiger partial charge in [-0.05, 0) is 12.5 Å². The van der Waals surface area contributed by atoms with E-state index in [0.29, 0.717) is 39.3 Å². The number of nitro benzene ring substituents is 1. The number of rotatable bonds is 5. The molecule has 1 amide bonds. The van der Waals surface area contributed by atoms with Crippen LogP contribution in [0.2, 0.25) is 0 Å². The zero-order chi connectivity index (χ0) is 19.1. The van der Waals surface area contributed by atoms with Crippen LogP contribution < -0.4 is 5.32 Å². The zero-order valence-corrected chi connectivity index (χ0v) is 15.3. The van der Waals surface area contributed by atoms with Crippen molar-refractivity contribution in [1.29, 1.82) is 0 Å². The lowest BCUT2D eigenvalue weighted by Gasteiger charge is -2.36. The van der Waals surface area contributed by atoms with Gasteiger partial charge in [0.05, 0.1) is 11.5 Å². The fourth-order valence-corrected chi connectivity index (χ4v) is 2.62. The first kappa shape index (κ1) is 19.4. The molecule has 140 valence electrons. The summed E-state index contributed by atoms with van der Waals surface area (Å²) in [5.41, 5.74) is 1.96. The van der Waals surface area contributed by atoms with Crippen LogP contribution in [0.1, 0.15) is 19.4 Å². The molecule has 1 aliphatic rings. The largest absolute Gasteiger partial charge is 0.353 e. The lowest BCUT2D eigenvalue weighted by molar-refractivity contribution is -0.384. The number of piperazine rings is 1. The molecule has 0 aliphatic carbocycles. The van der Waals surface area contributed by atoms with Crippen LogP contribution in [0.5, 0.6) is 0 Å². The van der Waals surface area contributed by atoms with E-state index in [1.807, 2.05) is 11.8 Å². The lowest BCUT2D eigenvalue weighted by atomic mass is 10.2. The third kappa shape index (κ3) is 5.58. The Hall–Kier alpha value is -2.90. The van der Waals surface area contributed by atoms with Crippen molar-refractivity contribution in [3.63, 3.8) is 0 Å². The van der Waals surface area contributed by atoms with E-state index >= 15 is 0 Å². The normalized spacial score (nSPS) is 14.9. The summed E-state index contributed by atoms with van der Waals surface area (Å²) in [5.74, 6) is 0.846. The fraction of sp³-hybridized carbons (Fsp3) is 0.444. The van der Waals surface area contributed by atoms with E-state index in [1.165, 1.54) is 12.1 Å². The number of non-ortho nitro benzene ring substituents is 1. The quantitative estimate of drug-likeness (QED) is 0.284. The van der Waals surface area contributed by atoms with Crippen LogP contribution in [0.4, 0.5) is 5.69 Å². The lowest BCUT2D eigenvalue weighted by Crippen LogP contribution is -2.53. The van der Waals surface area contributed by atoms with E-state index < -0.39 is 4.92 Å². The first-order chi connectivity index (χ1) is 12.4. The second kappa shape index (κ2) is 8.98. The van der Waals surface area contributed by atoms with Gasteiger partial charge in [-0.1, -0.05) is 24.3 Å². The molecule has 8 nitrogen and oxygen atoms in total. The number of amides is 1. The van der Waals surface area contributed by atoms with Crippen molar-refractivity contribution in [2.24, 2.45) is 4.99 Å². The van der Waals surface area contributed by atoms with Crippen LogP contribution in [0, 0.1) is 10.1 Å². The molecule has 8 heteroatoms. The second-order valence-electron chi connectivity index (χ2n) is 6.37. The molecule has 1 aromatic carbocycles. The fourth-order valence-electron chi connectivity index (χ4n) is 2.62. The molecular formula is C18H25N5O3. The van der Waals surface area contributed by atoms with Crippen LogP contribution in [-0.2, 0) is 11.3 Å². The Balaban J connectivity index is 2.05. The minimum Gasteiger partial charge on any atom is -0.353 e. The molecule has 1 fully saturated rings. The molecule has 1 aromatic rings. The Bertz CT molecular complexity index is 691. The van der Waals surface area contributed by atoms with E-state index in [1.54, 1.807) is 19.1 Å². The summed E-state index contributed by atoms with van der Waals surface area (Å²) in [7, 11) is 0. The number of carbonyl (C=O) groups excluding carboxylic acids is 1. The highest BCUT2D eigenvalue weighted by Gasteiger charge is 2.21. The number of guanidine groups is 1. The Labute approximate surface area is 153 Å². The van der Waals surface area contributed by atoms with E-state index in [2.05, 4.69) is 21.8 Å². The molecule has 0 atom stereocenters. The van der Waals surface area contributed by atoms with Gasteiger partial charge in [0.25, 0.3) is 5.69 Å². The highest BCUT2D eigenvalue weighted by molar-refractivity contribution is 5.81. The number of hydrogen-bond acceptors (Lipinski definition) is 4. The number of aliphatic imine (C=N–C) groups is 1. The standard InChI is InChI=1S/C18H25N5O3/c1-14(2)12-19-18(22-10-8-21(9-11-22)15(3)24)20-13-16-4-6-17(7-5-16)23(25)26/h4-7H,1,8-13H2,2-3H3,(H,19,20). The van der Waals surface area contributed by atoms with E-state index in [9.17, 15) is 14.9 Å². The van der Waals surface area contributed by atoms with Gasteiger partial charge >= 0.3 is 0 Å². The SMILES string of the molecule is C=C(C)CNC(=NCc1ccc([N+](=O)[O-])cc1)N1CCN(C(C)=O)CC1. The summed E-state index contributed by atoms with van der Waals surface area (Å²) in [6.45, 7) is 11.2. The first-order valence-corrected chi connectivity index (χ1v) is 8.53. The maximum absolute atomic E-state index is 11.5. The minimum absolute atomic E-state index is 0.0683. The number of nitrogens with one attached hydrogen (secondary N) is 1. The molecule has 0 unspecified atom stereocenters. The molecule has 2 rings (SSSR count). The van der Waals surface area contributed by atoms with Gasteiger partial charge in [-0.25, -0.2) is 4.99 Å². The Morgan fingerprint density at radius 1 is 1.19 bits per heavy atom. The smallest absolute Gasteiger partial charge is 0.269 e. The number of carbonyl (C=O) groups is 1. The molecule has 0 spiro atoms. The van der Waals surface area contributed by atoms with Crippen molar-refractivity contribution in [1.82, 2.24) is 15.1 Å². The average Bonchev–Trinajstić information content (AvgIpc) is 2.62. The van der Waals surface area contributed by atoms with Gasteiger partial charge in [0.1, 0.15) is 0 Å². The molecule has 0 saturated carbocycles. The highest BCUT2D eigenvalue weighted by atomic mass is 16.6. The van der Waals surface area contributed by atoms with Crippen LogP contribution in [0.25, 0.3) is 0 Å².